The van der Waals surface area contributed by atoms with E-state index in [1.54, 1.807) is 18.6 Å². The summed E-state index contributed by atoms with van der Waals surface area (Å²) < 4.78 is 0. The van der Waals surface area contributed by atoms with Crippen molar-refractivity contribution in [1.82, 2.24) is 24.9 Å². The van der Waals surface area contributed by atoms with Gasteiger partial charge < -0.3 is 5.32 Å². The number of aromatic nitrogens is 5. The number of anilines is 1. The van der Waals surface area contributed by atoms with Crippen LogP contribution >= 0.6 is 0 Å². The van der Waals surface area contributed by atoms with Crippen LogP contribution in [0.1, 0.15) is 35.6 Å². The van der Waals surface area contributed by atoms with Crippen LogP contribution in [0, 0.1) is 6.92 Å². The van der Waals surface area contributed by atoms with Crippen molar-refractivity contribution in [1.29, 1.82) is 0 Å². The van der Waals surface area contributed by atoms with Gasteiger partial charge in [-0.2, -0.15) is 0 Å². The Hall–Kier alpha value is -2.89. The first kappa shape index (κ1) is 16.6. The molecule has 6 nitrogen and oxygen atoms in total. The molecule has 3 heterocycles. The molecule has 0 spiro atoms. The molecule has 6 heteroatoms. The first-order valence-electron chi connectivity index (χ1n) is 9.12. The van der Waals surface area contributed by atoms with Gasteiger partial charge in [0.05, 0.1) is 5.69 Å². The lowest BCUT2D eigenvalue weighted by molar-refractivity contribution is 0.647. The van der Waals surface area contributed by atoms with E-state index in [9.17, 15) is 0 Å². The van der Waals surface area contributed by atoms with E-state index in [1.807, 2.05) is 18.2 Å². The van der Waals surface area contributed by atoms with Crippen molar-refractivity contribution in [3.8, 4) is 11.3 Å². The van der Waals surface area contributed by atoms with E-state index in [1.165, 1.54) is 24.1 Å². The van der Waals surface area contributed by atoms with Crippen LogP contribution in [0.4, 0.5) is 5.95 Å². The zero-order chi connectivity index (χ0) is 17.8. The fourth-order valence-electron chi connectivity index (χ4n) is 3.36. The zero-order valence-corrected chi connectivity index (χ0v) is 14.9. The van der Waals surface area contributed by atoms with Crippen LogP contribution in [-0.2, 0) is 19.3 Å². The van der Waals surface area contributed by atoms with Gasteiger partial charge >= 0.3 is 0 Å². The molecule has 0 aromatic carbocycles. The van der Waals surface area contributed by atoms with Gasteiger partial charge in [0.2, 0.25) is 5.95 Å². The second-order valence-electron chi connectivity index (χ2n) is 6.54. The predicted octanol–water partition coefficient (Wildman–Crippen LogP) is 3.17. The fraction of sp³-hybridized carbons (Fsp3) is 0.350. The molecule has 0 unspecified atom stereocenters. The summed E-state index contributed by atoms with van der Waals surface area (Å²) >= 11 is 0. The molecule has 4 rings (SSSR count). The summed E-state index contributed by atoms with van der Waals surface area (Å²) in [6, 6.07) is 5.78. The Bertz CT molecular complexity index is 894. The molecule has 0 fully saturated rings. The number of aryl methyl sites for hydroxylation is 2. The van der Waals surface area contributed by atoms with E-state index in [-0.39, 0.29) is 0 Å². The SMILES string of the molecule is Cc1nc(CCNc2nccc(-c3cccnc3)n2)nc2c1CCCC2. The number of hydrogen-bond donors (Lipinski definition) is 1. The van der Waals surface area contributed by atoms with Gasteiger partial charge in [0.15, 0.2) is 0 Å². The minimum Gasteiger partial charge on any atom is -0.354 e. The van der Waals surface area contributed by atoms with Crippen LogP contribution < -0.4 is 5.32 Å². The first-order chi connectivity index (χ1) is 12.8. The number of fused-ring (bicyclic) bond motifs is 1. The molecule has 0 radical (unpaired) electrons. The Morgan fingerprint density at radius 1 is 1.04 bits per heavy atom. The Morgan fingerprint density at radius 3 is 2.85 bits per heavy atom. The highest BCUT2D eigenvalue weighted by atomic mass is 15.1. The third-order valence-corrected chi connectivity index (χ3v) is 4.68. The van der Waals surface area contributed by atoms with Gasteiger partial charge in [-0.1, -0.05) is 0 Å². The number of nitrogens with zero attached hydrogens (tertiary/aromatic N) is 5. The summed E-state index contributed by atoms with van der Waals surface area (Å²) in [5, 5.41) is 3.28. The van der Waals surface area contributed by atoms with Crippen molar-refractivity contribution in [3.05, 3.63) is 59.6 Å². The number of pyridine rings is 1. The van der Waals surface area contributed by atoms with Gasteiger partial charge in [0.25, 0.3) is 0 Å². The lowest BCUT2D eigenvalue weighted by atomic mass is 9.95. The average molecular weight is 346 g/mol. The molecule has 0 saturated heterocycles. The van der Waals surface area contributed by atoms with Crippen molar-refractivity contribution in [2.75, 3.05) is 11.9 Å². The van der Waals surface area contributed by atoms with E-state index in [0.717, 1.165) is 42.0 Å². The molecule has 1 aliphatic rings. The third-order valence-electron chi connectivity index (χ3n) is 4.68. The average Bonchev–Trinajstić information content (AvgIpc) is 2.69. The van der Waals surface area contributed by atoms with Crippen molar-refractivity contribution in [3.63, 3.8) is 0 Å². The highest BCUT2D eigenvalue weighted by molar-refractivity contribution is 5.58. The van der Waals surface area contributed by atoms with Crippen molar-refractivity contribution in [2.45, 2.75) is 39.0 Å². The molecule has 0 bridgehead atoms. The molecule has 0 saturated carbocycles. The highest BCUT2D eigenvalue weighted by Gasteiger charge is 2.15. The largest absolute Gasteiger partial charge is 0.354 e. The van der Waals surface area contributed by atoms with Crippen LogP contribution in [0.2, 0.25) is 0 Å². The van der Waals surface area contributed by atoms with Crippen molar-refractivity contribution >= 4 is 5.95 Å². The molecule has 3 aromatic heterocycles. The lowest BCUT2D eigenvalue weighted by Gasteiger charge is -2.17. The van der Waals surface area contributed by atoms with E-state index in [0.29, 0.717) is 12.5 Å². The quantitative estimate of drug-likeness (QED) is 0.765. The summed E-state index contributed by atoms with van der Waals surface area (Å²) in [7, 11) is 0. The summed E-state index contributed by atoms with van der Waals surface area (Å²) in [6.45, 7) is 2.80. The van der Waals surface area contributed by atoms with Crippen LogP contribution in [0.25, 0.3) is 11.3 Å². The molecular weight excluding hydrogens is 324 g/mol. The van der Waals surface area contributed by atoms with Gasteiger partial charge in [-0.25, -0.2) is 19.9 Å². The third kappa shape index (κ3) is 3.69. The Kier molecular flexibility index (Phi) is 4.82. The van der Waals surface area contributed by atoms with Crippen molar-refractivity contribution in [2.24, 2.45) is 0 Å². The van der Waals surface area contributed by atoms with E-state index >= 15 is 0 Å². The van der Waals surface area contributed by atoms with Gasteiger partial charge in [-0.15, -0.1) is 0 Å². The highest BCUT2D eigenvalue weighted by Crippen LogP contribution is 2.21. The number of hydrogen-bond acceptors (Lipinski definition) is 6. The molecule has 132 valence electrons. The molecule has 1 aliphatic carbocycles. The van der Waals surface area contributed by atoms with Gasteiger partial charge in [0.1, 0.15) is 5.82 Å². The maximum Gasteiger partial charge on any atom is 0.223 e. The lowest BCUT2D eigenvalue weighted by Crippen LogP contribution is -2.15. The van der Waals surface area contributed by atoms with Crippen molar-refractivity contribution < 1.29 is 0 Å². The molecule has 0 aliphatic heterocycles. The summed E-state index contributed by atoms with van der Waals surface area (Å²) in [5.41, 5.74) is 5.58. The molecular formula is C20H22N6. The smallest absolute Gasteiger partial charge is 0.223 e. The number of rotatable bonds is 5. The molecule has 0 atom stereocenters. The van der Waals surface area contributed by atoms with E-state index < -0.39 is 0 Å². The maximum atomic E-state index is 4.77. The van der Waals surface area contributed by atoms with Crippen LogP contribution in [-0.4, -0.2) is 31.5 Å². The summed E-state index contributed by atoms with van der Waals surface area (Å²) in [4.78, 5) is 22.5. The predicted molar refractivity (Wildman–Crippen MR) is 101 cm³/mol. The standard InChI is InChI=1S/C20H22N6/c1-14-16-6-2-3-7-18(16)25-19(24-14)9-12-23-20-22-11-8-17(26-20)15-5-4-10-21-13-15/h4-5,8,10-11,13H,2-3,6-7,9,12H2,1H3,(H,22,23,26). The van der Waals surface area contributed by atoms with Crippen LogP contribution in [0.5, 0.6) is 0 Å². The number of nitrogens with one attached hydrogen (secondary N) is 1. The minimum absolute atomic E-state index is 0.612. The Morgan fingerprint density at radius 2 is 1.96 bits per heavy atom. The Balaban J connectivity index is 1.42. The molecule has 0 amide bonds. The molecule has 26 heavy (non-hydrogen) atoms. The Labute approximate surface area is 153 Å². The fourth-order valence-corrected chi connectivity index (χ4v) is 3.36. The normalized spacial score (nSPS) is 13.3. The molecule has 3 aromatic rings. The second kappa shape index (κ2) is 7.56. The van der Waals surface area contributed by atoms with Gasteiger partial charge in [-0.05, 0) is 56.4 Å². The van der Waals surface area contributed by atoms with Gasteiger partial charge in [0, 0.05) is 48.5 Å². The minimum atomic E-state index is 0.612. The summed E-state index contributed by atoms with van der Waals surface area (Å²) in [5.74, 6) is 1.51. The zero-order valence-electron chi connectivity index (χ0n) is 14.9. The molecule has 1 N–H and O–H groups in total. The first-order valence-corrected chi connectivity index (χ1v) is 9.12. The monoisotopic (exact) mass is 346 g/mol. The van der Waals surface area contributed by atoms with Crippen LogP contribution in [0.15, 0.2) is 36.8 Å². The van der Waals surface area contributed by atoms with E-state index in [2.05, 4.69) is 32.2 Å². The summed E-state index contributed by atoms with van der Waals surface area (Å²) in [6.07, 6.45) is 10.8. The second-order valence-corrected chi connectivity index (χ2v) is 6.54. The van der Waals surface area contributed by atoms with Crippen LogP contribution in [0.3, 0.4) is 0 Å². The van der Waals surface area contributed by atoms with Gasteiger partial charge in [-0.3, -0.25) is 4.98 Å². The van der Waals surface area contributed by atoms with E-state index in [4.69, 9.17) is 4.98 Å². The topological polar surface area (TPSA) is 76.5 Å². The maximum absolute atomic E-state index is 4.77.